The van der Waals surface area contributed by atoms with Crippen molar-refractivity contribution in [3.05, 3.63) is 27.2 Å². The van der Waals surface area contributed by atoms with E-state index in [4.69, 9.17) is 23.2 Å². The second-order valence-corrected chi connectivity index (χ2v) is 7.75. The van der Waals surface area contributed by atoms with E-state index in [1.54, 1.807) is 11.8 Å². The maximum absolute atomic E-state index is 12.9. The van der Waals surface area contributed by atoms with E-state index < -0.39 is 0 Å². The van der Waals surface area contributed by atoms with Crippen molar-refractivity contribution < 1.29 is 4.79 Å². The molecule has 0 heterocycles. The Morgan fingerprint density at radius 1 is 1.25 bits per heavy atom. The molecule has 2 aliphatic carbocycles. The summed E-state index contributed by atoms with van der Waals surface area (Å²) in [5.74, 6) is 0.703. The average molecular weight is 329 g/mol. The van der Waals surface area contributed by atoms with E-state index in [2.05, 4.69) is 13.0 Å². The molecule has 1 nitrogen and oxygen atoms in total. The van der Waals surface area contributed by atoms with Crippen molar-refractivity contribution in [2.75, 3.05) is 6.26 Å². The molecular formula is C16H18Cl2OS. The van der Waals surface area contributed by atoms with Crippen LogP contribution >= 0.6 is 35.0 Å². The topological polar surface area (TPSA) is 17.1 Å². The molecule has 0 aliphatic heterocycles. The predicted octanol–water partition coefficient (Wildman–Crippen LogP) is 5.65. The Kier molecular flexibility index (Phi) is 3.85. The number of fused-ring (bicyclic) bond motifs is 1. The highest BCUT2D eigenvalue weighted by Gasteiger charge is 2.49. The van der Waals surface area contributed by atoms with Gasteiger partial charge in [0.25, 0.3) is 0 Å². The van der Waals surface area contributed by atoms with Crippen molar-refractivity contribution in [1.29, 1.82) is 0 Å². The van der Waals surface area contributed by atoms with Gasteiger partial charge in [-0.05, 0) is 43.1 Å². The number of hydrogen-bond acceptors (Lipinski definition) is 2. The third-order valence-electron chi connectivity index (χ3n) is 5.03. The number of halogens is 2. The number of benzene rings is 1. The fourth-order valence-corrected chi connectivity index (χ4v) is 5.13. The summed E-state index contributed by atoms with van der Waals surface area (Å²) in [7, 11) is 0. The Bertz CT molecular complexity index is 578. The van der Waals surface area contributed by atoms with Crippen LogP contribution in [-0.2, 0) is 6.42 Å². The summed E-state index contributed by atoms with van der Waals surface area (Å²) < 4.78 is 0. The maximum atomic E-state index is 12.9. The van der Waals surface area contributed by atoms with E-state index in [1.807, 2.05) is 6.26 Å². The van der Waals surface area contributed by atoms with Crippen LogP contribution in [0.15, 0.2) is 11.0 Å². The summed E-state index contributed by atoms with van der Waals surface area (Å²) >= 11 is 14.3. The molecule has 0 bridgehead atoms. The molecular weight excluding hydrogens is 311 g/mol. The van der Waals surface area contributed by atoms with E-state index in [1.165, 1.54) is 12.8 Å². The minimum absolute atomic E-state index is 0.207. The van der Waals surface area contributed by atoms with Crippen LogP contribution in [0.4, 0.5) is 0 Å². The van der Waals surface area contributed by atoms with Gasteiger partial charge < -0.3 is 0 Å². The molecule has 0 aromatic heterocycles. The fraction of sp³-hybridized carbons (Fsp3) is 0.562. The molecule has 1 aromatic carbocycles. The molecule has 0 radical (unpaired) electrons. The lowest BCUT2D eigenvalue weighted by atomic mass is 9.73. The van der Waals surface area contributed by atoms with Crippen molar-refractivity contribution in [2.45, 2.75) is 43.9 Å². The SMILES string of the molecule is CSc1cc2c(c(Cl)c1Cl)C(=O)C(C)(C1CCCC1)C2. The molecule has 108 valence electrons. The third-order valence-corrected chi connectivity index (χ3v) is 6.78. The molecule has 0 spiro atoms. The summed E-state index contributed by atoms with van der Waals surface area (Å²) in [5.41, 5.74) is 1.50. The van der Waals surface area contributed by atoms with Crippen LogP contribution < -0.4 is 0 Å². The Labute approximate surface area is 134 Å². The largest absolute Gasteiger partial charge is 0.293 e. The average Bonchev–Trinajstić information content (AvgIpc) is 3.03. The number of hydrogen-bond donors (Lipinski definition) is 0. The van der Waals surface area contributed by atoms with Gasteiger partial charge in [-0.1, -0.05) is 43.0 Å². The van der Waals surface area contributed by atoms with Gasteiger partial charge in [-0.2, -0.15) is 0 Å². The van der Waals surface area contributed by atoms with Crippen molar-refractivity contribution >= 4 is 40.7 Å². The minimum Gasteiger partial charge on any atom is -0.293 e. The molecule has 20 heavy (non-hydrogen) atoms. The van der Waals surface area contributed by atoms with E-state index in [9.17, 15) is 4.79 Å². The van der Waals surface area contributed by atoms with Crippen LogP contribution in [0.5, 0.6) is 0 Å². The first-order chi connectivity index (χ1) is 9.49. The highest BCUT2D eigenvalue weighted by molar-refractivity contribution is 7.98. The van der Waals surface area contributed by atoms with Crippen molar-refractivity contribution in [1.82, 2.24) is 0 Å². The second-order valence-electron chi connectivity index (χ2n) is 6.15. The first-order valence-corrected chi connectivity index (χ1v) is 9.06. The smallest absolute Gasteiger partial charge is 0.171 e. The first-order valence-electron chi connectivity index (χ1n) is 7.08. The van der Waals surface area contributed by atoms with Gasteiger partial charge in [0, 0.05) is 15.9 Å². The molecule has 1 saturated carbocycles. The van der Waals surface area contributed by atoms with E-state index >= 15 is 0 Å². The molecule has 1 unspecified atom stereocenters. The molecule has 0 amide bonds. The van der Waals surface area contributed by atoms with E-state index in [0.717, 1.165) is 29.7 Å². The third kappa shape index (κ3) is 2.03. The number of thioether (sulfide) groups is 1. The number of carbonyl (C=O) groups is 1. The van der Waals surface area contributed by atoms with E-state index in [-0.39, 0.29) is 11.2 Å². The molecule has 1 aromatic rings. The summed E-state index contributed by atoms with van der Waals surface area (Å²) in [5, 5.41) is 0.988. The highest BCUT2D eigenvalue weighted by atomic mass is 35.5. The molecule has 4 heteroatoms. The number of rotatable bonds is 2. The molecule has 1 fully saturated rings. The monoisotopic (exact) mass is 328 g/mol. The summed E-state index contributed by atoms with van der Waals surface area (Å²) in [6, 6.07) is 2.06. The Morgan fingerprint density at radius 3 is 2.50 bits per heavy atom. The van der Waals surface area contributed by atoms with Crippen LogP contribution in [0.2, 0.25) is 10.0 Å². The van der Waals surface area contributed by atoms with Crippen LogP contribution in [-0.4, -0.2) is 12.0 Å². The number of ketones is 1. The zero-order valence-electron chi connectivity index (χ0n) is 11.8. The maximum Gasteiger partial charge on any atom is 0.171 e. The Hall–Kier alpha value is -0.180. The van der Waals surface area contributed by atoms with E-state index in [0.29, 0.717) is 21.5 Å². The molecule has 0 N–H and O–H groups in total. The van der Waals surface area contributed by atoms with Crippen LogP contribution in [0.1, 0.15) is 48.5 Å². The Balaban J connectivity index is 2.08. The summed E-state index contributed by atoms with van der Waals surface area (Å²) in [6.07, 6.45) is 7.62. The zero-order chi connectivity index (χ0) is 14.5. The number of Topliss-reactive ketones (excluding diaryl/α,β-unsaturated/α-hetero) is 1. The molecule has 2 aliphatic rings. The lowest BCUT2D eigenvalue weighted by molar-refractivity contribution is 0.0744. The Morgan fingerprint density at radius 2 is 1.90 bits per heavy atom. The number of carbonyl (C=O) groups excluding carboxylic acids is 1. The van der Waals surface area contributed by atoms with Gasteiger partial charge in [0.05, 0.1) is 10.0 Å². The molecule has 0 saturated heterocycles. The second kappa shape index (κ2) is 5.23. The van der Waals surface area contributed by atoms with Crippen molar-refractivity contribution in [3.63, 3.8) is 0 Å². The van der Waals surface area contributed by atoms with Gasteiger partial charge in [-0.3, -0.25) is 4.79 Å². The molecule has 3 rings (SSSR count). The summed E-state index contributed by atoms with van der Waals surface area (Å²) in [4.78, 5) is 13.9. The van der Waals surface area contributed by atoms with Crippen LogP contribution in [0.3, 0.4) is 0 Å². The normalized spacial score (nSPS) is 26.3. The quantitative estimate of drug-likeness (QED) is 0.652. The summed E-state index contributed by atoms with van der Waals surface area (Å²) in [6.45, 7) is 2.12. The lowest BCUT2D eigenvalue weighted by Crippen LogP contribution is -2.32. The van der Waals surface area contributed by atoms with Gasteiger partial charge in [-0.25, -0.2) is 0 Å². The van der Waals surface area contributed by atoms with Gasteiger partial charge in [0.1, 0.15) is 0 Å². The van der Waals surface area contributed by atoms with Crippen molar-refractivity contribution in [2.24, 2.45) is 11.3 Å². The highest BCUT2D eigenvalue weighted by Crippen LogP contribution is 2.52. The predicted molar refractivity (Wildman–Crippen MR) is 86.3 cm³/mol. The minimum atomic E-state index is -0.275. The van der Waals surface area contributed by atoms with Crippen molar-refractivity contribution in [3.8, 4) is 0 Å². The standard InChI is InChI=1S/C16H18Cl2OS/c1-16(10-5-3-4-6-10)8-9-7-11(20-2)13(17)14(18)12(9)15(16)19/h7,10H,3-6,8H2,1-2H3. The van der Waals surface area contributed by atoms with Gasteiger partial charge in [0.2, 0.25) is 0 Å². The van der Waals surface area contributed by atoms with Gasteiger partial charge >= 0.3 is 0 Å². The van der Waals surface area contributed by atoms with Crippen LogP contribution in [0, 0.1) is 11.3 Å². The molecule has 1 atom stereocenters. The lowest BCUT2D eigenvalue weighted by Gasteiger charge is -2.29. The zero-order valence-corrected chi connectivity index (χ0v) is 14.1. The van der Waals surface area contributed by atoms with Gasteiger partial charge in [-0.15, -0.1) is 11.8 Å². The first kappa shape index (κ1) is 14.7. The van der Waals surface area contributed by atoms with Crippen LogP contribution in [0.25, 0.3) is 0 Å². The van der Waals surface area contributed by atoms with Gasteiger partial charge in [0.15, 0.2) is 5.78 Å². The fourth-order valence-electron chi connectivity index (χ4n) is 3.84.